The molecular formula is C20H22FNO3. The van der Waals surface area contributed by atoms with Crippen LogP contribution in [0.3, 0.4) is 0 Å². The highest BCUT2D eigenvalue weighted by molar-refractivity contribution is 5.94. The molecule has 1 aliphatic rings. The van der Waals surface area contributed by atoms with Crippen LogP contribution in [0, 0.1) is 11.7 Å². The molecule has 0 bridgehead atoms. The lowest BCUT2D eigenvalue weighted by molar-refractivity contribution is 0.0459. The van der Waals surface area contributed by atoms with Crippen molar-refractivity contribution >= 4 is 5.91 Å². The van der Waals surface area contributed by atoms with Gasteiger partial charge in [0.25, 0.3) is 5.91 Å². The van der Waals surface area contributed by atoms with Crippen molar-refractivity contribution in [3.8, 4) is 5.75 Å². The van der Waals surface area contributed by atoms with Gasteiger partial charge in [0.05, 0.1) is 18.8 Å². The summed E-state index contributed by atoms with van der Waals surface area (Å²) in [5.41, 5.74) is 0.955. The van der Waals surface area contributed by atoms with E-state index in [4.69, 9.17) is 4.74 Å². The summed E-state index contributed by atoms with van der Waals surface area (Å²) in [7, 11) is 1.46. The Morgan fingerprint density at radius 1 is 1.20 bits per heavy atom. The number of aliphatic hydroxyl groups is 1. The largest absolute Gasteiger partial charge is 0.497 e. The Morgan fingerprint density at radius 2 is 1.88 bits per heavy atom. The number of halogens is 1. The lowest BCUT2D eigenvalue weighted by Gasteiger charge is -2.34. The number of rotatable bonds is 4. The fraction of sp³-hybridized carbons (Fsp3) is 0.350. The third kappa shape index (κ3) is 3.82. The SMILES string of the molecule is COc1ccc(C(=O)N2CCC(C(O)c3ccccc3)CC2)c(F)c1. The number of piperidine rings is 1. The summed E-state index contributed by atoms with van der Waals surface area (Å²) < 4.78 is 19.1. The highest BCUT2D eigenvalue weighted by atomic mass is 19.1. The number of likely N-dealkylation sites (tertiary alicyclic amines) is 1. The average molecular weight is 343 g/mol. The Balaban J connectivity index is 1.63. The van der Waals surface area contributed by atoms with Gasteiger partial charge in [-0.15, -0.1) is 0 Å². The van der Waals surface area contributed by atoms with Crippen LogP contribution < -0.4 is 4.74 Å². The maximum absolute atomic E-state index is 14.1. The molecule has 5 heteroatoms. The van der Waals surface area contributed by atoms with Gasteiger partial charge in [0.2, 0.25) is 0 Å². The molecule has 0 aromatic heterocycles. The number of hydrogen-bond acceptors (Lipinski definition) is 3. The number of amides is 1. The smallest absolute Gasteiger partial charge is 0.256 e. The van der Waals surface area contributed by atoms with Crippen LogP contribution in [0.5, 0.6) is 5.75 Å². The summed E-state index contributed by atoms with van der Waals surface area (Å²) in [4.78, 5) is 14.2. The zero-order chi connectivity index (χ0) is 17.8. The molecule has 2 aromatic rings. The molecule has 3 rings (SSSR count). The van der Waals surface area contributed by atoms with E-state index in [1.54, 1.807) is 11.0 Å². The average Bonchev–Trinajstić information content (AvgIpc) is 2.67. The lowest BCUT2D eigenvalue weighted by atomic mass is 9.87. The first-order valence-electron chi connectivity index (χ1n) is 8.46. The van der Waals surface area contributed by atoms with E-state index in [1.165, 1.54) is 19.2 Å². The van der Waals surface area contributed by atoms with Gasteiger partial charge in [-0.25, -0.2) is 4.39 Å². The number of ether oxygens (including phenoxy) is 1. The molecule has 0 saturated carbocycles. The van der Waals surface area contributed by atoms with Crippen molar-refractivity contribution in [2.75, 3.05) is 20.2 Å². The van der Waals surface area contributed by atoms with Crippen molar-refractivity contribution in [3.05, 3.63) is 65.5 Å². The van der Waals surface area contributed by atoms with E-state index in [0.29, 0.717) is 31.7 Å². The second-order valence-corrected chi connectivity index (χ2v) is 6.33. The van der Waals surface area contributed by atoms with Gasteiger partial charge in [0.15, 0.2) is 0 Å². The van der Waals surface area contributed by atoms with E-state index in [-0.39, 0.29) is 17.4 Å². The van der Waals surface area contributed by atoms with Gasteiger partial charge in [0.1, 0.15) is 11.6 Å². The van der Waals surface area contributed by atoms with Crippen LogP contribution >= 0.6 is 0 Å². The number of carbonyl (C=O) groups excluding carboxylic acids is 1. The first-order chi connectivity index (χ1) is 12.1. The molecule has 4 nitrogen and oxygen atoms in total. The van der Waals surface area contributed by atoms with Crippen LogP contribution in [0.1, 0.15) is 34.9 Å². The van der Waals surface area contributed by atoms with Crippen LogP contribution in [0.2, 0.25) is 0 Å². The molecule has 1 fully saturated rings. The Morgan fingerprint density at radius 3 is 2.48 bits per heavy atom. The maximum Gasteiger partial charge on any atom is 0.256 e. The van der Waals surface area contributed by atoms with Gasteiger partial charge < -0.3 is 14.7 Å². The summed E-state index contributed by atoms with van der Waals surface area (Å²) in [6.45, 7) is 1.03. The Labute approximate surface area is 146 Å². The molecule has 1 amide bonds. The zero-order valence-electron chi connectivity index (χ0n) is 14.2. The molecule has 1 aliphatic heterocycles. The van der Waals surface area contributed by atoms with E-state index in [2.05, 4.69) is 0 Å². The topological polar surface area (TPSA) is 49.8 Å². The molecule has 132 valence electrons. The van der Waals surface area contributed by atoms with Crippen LogP contribution in [0.4, 0.5) is 4.39 Å². The van der Waals surface area contributed by atoms with E-state index in [1.807, 2.05) is 30.3 Å². The predicted octanol–water partition coefficient (Wildman–Crippen LogP) is 3.42. The molecule has 1 N–H and O–H groups in total. The first-order valence-corrected chi connectivity index (χ1v) is 8.46. The Kier molecular flexibility index (Phi) is 5.34. The fourth-order valence-corrected chi connectivity index (χ4v) is 3.31. The highest BCUT2D eigenvalue weighted by Gasteiger charge is 2.29. The van der Waals surface area contributed by atoms with Gasteiger partial charge in [-0.3, -0.25) is 4.79 Å². The zero-order valence-corrected chi connectivity index (χ0v) is 14.2. The highest BCUT2D eigenvalue weighted by Crippen LogP contribution is 2.31. The normalized spacial score (nSPS) is 16.5. The molecule has 2 aromatic carbocycles. The minimum absolute atomic E-state index is 0.0582. The van der Waals surface area contributed by atoms with Crippen molar-refractivity contribution in [3.63, 3.8) is 0 Å². The number of carbonyl (C=O) groups is 1. The third-order valence-corrected chi connectivity index (χ3v) is 4.82. The molecule has 0 radical (unpaired) electrons. The van der Waals surface area contributed by atoms with Crippen molar-refractivity contribution < 1.29 is 19.0 Å². The van der Waals surface area contributed by atoms with Crippen molar-refractivity contribution in [2.24, 2.45) is 5.92 Å². The molecule has 1 heterocycles. The van der Waals surface area contributed by atoms with E-state index in [0.717, 1.165) is 5.56 Å². The lowest BCUT2D eigenvalue weighted by Crippen LogP contribution is -2.40. The fourth-order valence-electron chi connectivity index (χ4n) is 3.31. The predicted molar refractivity (Wildman–Crippen MR) is 93.0 cm³/mol. The van der Waals surface area contributed by atoms with Crippen LogP contribution in [0.15, 0.2) is 48.5 Å². The molecule has 1 unspecified atom stereocenters. The van der Waals surface area contributed by atoms with Crippen molar-refractivity contribution in [2.45, 2.75) is 18.9 Å². The van der Waals surface area contributed by atoms with Crippen molar-refractivity contribution in [1.29, 1.82) is 0 Å². The van der Waals surface area contributed by atoms with Gasteiger partial charge in [0, 0.05) is 19.2 Å². The van der Waals surface area contributed by atoms with E-state index < -0.39 is 11.9 Å². The minimum atomic E-state index is -0.573. The van der Waals surface area contributed by atoms with Crippen molar-refractivity contribution in [1.82, 2.24) is 4.90 Å². The first kappa shape index (κ1) is 17.4. The van der Waals surface area contributed by atoms with Crippen LogP contribution in [-0.2, 0) is 0 Å². The van der Waals surface area contributed by atoms with Gasteiger partial charge in [-0.05, 0) is 36.5 Å². The number of aliphatic hydroxyl groups excluding tert-OH is 1. The van der Waals surface area contributed by atoms with Gasteiger partial charge >= 0.3 is 0 Å². The van der Waals surface area contributed by atoms with Crippen LogP contribution in [0.25, 0.3) is 0 Å². The maximum atomic E-state index is 14.1. The molecule has 0 spiro atoms. The van der Waals surface area contributed by atoms with Crippen LogP contribution in [-0.4, -0.2) is 36.1 Å². The summed E-state index contributed by atoms with van der Waals surface area (Å²) in [6, 6.07) is 13.8. The van der Waals surface area contributed by atoms with E-state index in [9.17, 15) is 14.3 Å². The number of nitrogens with zero attached hydrogens (tertiary/aromatic N) is 1. The Bertz CT molecular complexity index is 727. The standard InChI is InChI=1S/C20H22FNO3/c1-25-16-7-8-17(18(21)13-16)20(24)22-11-9-15(10-12-22)19(23)14-5-3-2-4-6-14/h2-8,13,15,19,23H,9-12H2,1H3. The molecule has 1 atom stereocenters. The van der Waals surface area contributed by atoms with E-state index >= 15 is 0 Å². The summed E-state index contributed by atoms with van der Waals surface area (Å²) in [5, 5.41) is 10.5. The number of methoxy groups -OCH3 is 1. The van der Waals surface area contributed by atoms with Gasteiger partial charge in [-0.1, -0.05) is 30.3 Å². The van der Waals surface area contributed by atoms with Gasteiger partial charge in [-0.2, -0.15) is 0 Å². The quantitative estimate of drug-likeness (QED) is 0.925. The summed E-state index contributed by atoms with van der Waals surface area (Å²) in [6.07, 6.45) is 0.857. The molecule has 0 aliphatic carbocycles. The number of hydrogen-bond donors (Lipinski definition) is 1. The minimum Gasteiger partial charge on any atom is -0.497 e. The molecular weight excluding hydrogens is 321 g/mol. The molecule has 25 heavy (non-hydrogen) atoms. The monoisotopic (exact) mass is 343 g/mol. The summed E-state index contributed by atoms with van der Waals surface area (Å²) in [5.74, 6) is -0.394. The third-order valence-electron chi connectivity index (χ3n) is 4.82. The molecule has 1 saturated heterocycles. The second kappa shape index (κ2) is 7.66. The second-order valence-electron chi connectivity index (χ2n) is 6.33. The number of benzene rings is 2. The Hall–Kier alpha value is -2.40. The summed E-state index contributed by atoms with van der Waals surface area (Å²) >= 11 is 0.